The maximum Gasteiger partial charge on any atom is 0.235 e. The highest BCUT2D eigenvalue weighted by Crippen LogP contribution is 2.23. The van der Waals surface area contributed by atoms with Crippen LogP contribution in [-0.2, 0) is 6.42 Å². The molecule has 0 spiro atoms. The van der Waals surface area contributed by atoms with Crippen molar-refractivity contribution in [3.05, 3.63) is 12.2 Å². The van der Waals surface area contributed by atoms with E-state index in [0.29, 0.717) is 22.9 Å². The number of aromatic nitrogens is 1. The highest BCUT2D eigenvalue weighted by molar-refractivity contribution is 5.81. The van der Waals surface area contributed by atoms with Crippen molar-refractivity contribution < 1.29 is 8.83 Å². The lowest BCUT2D eigenvalue weighted by Crippen LogP contribution is -1.78. The second kappa shape index (κ2) is 2.02. The predicted octanol–water partition coefficient (Wildman–Crippen LogP) is 1.57. The lowest BCUT2D eigenvalue weighted by atomic mass is 10.5. The van der Waals surface area contributed by atoms with Gasteiger partial charge >= 0.3 is 0 Å². The highest BCUT2D eigenvalue weighted by atomic mass is 16.4. The largest absolute Gasteiger partial charge is 0.443 e. The number of hydrogen-bond acceptors (Lipinski definition) is 4. The Bertz CT molecular complexity index is 375. The number of oxazole rings is 1. The quantitative estimate of drug-likeness (QED) is 0.673. The topological polar surface area (TPSA) is 65.2 Å². The van der Waals surface area contributed by atoms with Crippen LogP contribution < -0.4 is 5.73 Å². The normalized spacial score (nSPS) is 11.0. The van der Waals surface area contributed by atoms with Crippen LogP contribution in [0.5, 0.6) is 0 Å². The third-order valence-electron chi connectivity index (χ3n) is 1.52. The zero-order chi connectivity index (χ0) is 7.84. The number of nitrogens with two attached hydrogens (primary N) is 1. The molecule has 0 amide bonds. The Labute approximate surface area is 63.0 Å². The van der Waals surface area contributed by atoms with Crippen LogP contribution in [0, 0.1) is 0 Å². The van der Waals surface area contributed by atoms with Gasteiger partial charge in [0.25, 0.3) is 0 Å². The van der Waals surface area contributed by atoms with Gasteiger partial charge in [-0.2, -0.15) is 0 Å². The van der Waals surface area contributed by atoms with E-state index < -0.39 is 0 Å². The van der Waals surface area contributed by atoms with E-state index in [1.54, 1.807) is 0 Å². The van der Waals surface area contributed by atoms with Gasteiger partial charge in [-0.15, -0.1) is 0 Å². The molecule has 0 aliphatic rings. The molecule has 4 heteroatoms. The Morgan fingerprint density at radius 3 is 3.09 bits per heavy atom. The van der Waals surface area contributed by atoms with Crippen molar-refractivity contribution in [1.29, 1.82) is 0 Å². The first-order valence-corrected chi connectivity index (χ1v) is 3.43. The van der Waals surface area contributed by atoms with E-state index in [-0.39, 0.29) is 0 Å². The first-order chi connectivity index (χ1) is 5.31. The maximum absolute atomic E-state index is 5.44. The average molecular weight is 152 g/mol. The Balaban J connectivity index is 2.70. The van der Waals surface area contributed by atoms with Crippen molar-refractivity contribution in [2.75, 3.05) is 5.73 Å². The van der Waals surface area contributed by atoms with Crippen LogP contribution in [0.1, 0.15) is 12.8 Å². The lowest BCUT2D eigenvalue weighted by Gasteiger charge is -1.83. The molecular weight excluding hydrogens is 144 g/mol. The van der Waals surface area contributed by atoms with Crippen LogP contribution in [0.3, 0.4) is 0 Å². The first-order valence-electron chi connectivity index (χ1n) is 3.43. The molecule has 0 saturated heterocycles. The van der Waals surface area contributed by atoms with E-state index in [1.165, 1.54) is 6.26 Å². The zero-order valence-corrected chi connectivity index (χ0v) is 6.13. The fourth-order valence-electron chi connectivity index (χ4n) is 0.958. The van der Waals surface area contributed by atoms with Gasteiger partial charge in [-0.25, -0.2) is 4.98 Å². The molecule has 0 bridgehead atoms. The summed E-state index contributed by atoms with van der Waals surface area (Å²) >= 11 is 0. The monoisotopic (exact) mass is 152 g/mol. The van der Waals surface area contributed by atoms with Gasteiger partial charge in [-0.1, -0.05) is 6.92 Å². The van der Waals surface area contributed by atoms with Crippen LogP contribution in [0.25, 0.3) is 11.1 Å². The van der Waals surface area contributed by atoms with Crippen molar-refractivity contribution in [1.82, 2.24) is 4.98 Å². The Morgan fingerprint density at radius 1 is 1.64 bits per heavy atom. The fourth-order valence-corrected chi connectivity index (χ4v) is 0.958. The molecule has 0 radical (unpaired) electrons. The smallest absolute Gasteiger partial charge is 0.235 e. The number of nitrogen functional groups attached to an aromatic ring is 1. The summed E-state index contributed by atoms with van der Waals surface area (Å²) in [6, 6.07) is 0. The average Bonchev–Trinajstić information content (AvgIpc) is 2.53. The predicted molar refractivity (Wildman–Crippen MR) is 40.1 cm³/mol. The van der Waals surface area contributed by atoms with Gasteiger partial charge in [-0.05, 0) is 0 Å². The summed E-state index contributed by atoms with van der Waals surface area (Å²) in [7, 11) is 0. The van der Waals surface area contributed by atoms with Crippen LogP contribution in [0.15, 0.2) is 15.1 Å². The van der Waals surface area contributed by atoms with Crippen molar-refractivity contribution >= 4 is 17.0 Å². The maximum atomic E-state index is 5.44. The van der Waals surface area contributed by atoms with E-state index >= 15 is 0 Å². The molecule has 2 aromatic heterocycles. The van der Waals surface area contributed by atoms with E-state index in [0.717, 1.165) is 6.42 Å². The van der Waals surface area contributed by atoms with Crippen molar-refractivity contribution in [2.24, 2.45) is 0 Å². The fraction of sp³-hybridized carbons (Fsp3) is 0.286. The molecule has 58 valence electrons. The number of hydrogen-bond donors (Lipinski definition) is 1. The van der Waals surface area contributed by atoms with Crippen molar-refractivity contribution in [2.45, 2.75) is 13.3 Å². The summed E-state index contributed by atoms with van der Waals surface area (Å²) in [6.45, 7) is 1.97. The minimum Gasteiger partial charge on any atom is -0.443 e. The van der Waals surface area contributed by atoms with Gasteiger partial charge in [0.2, 0.25) is 11.5 Å². The molecule has 0 aliphatic heterocycles. The summed E-state index contributed by atoms with van der Waals surface area (Å²) in [4.78, 5) is 4.11. The Kier molecular flexibility index (Phi) is 1.15. The van der Waals surface area contributed by atoms with Gasteiger partial charge in [0, 0.05) is 6.42 Å². The molecule has 2 aromatic rings. The summed E-state index contributed by atoms with van der Waals surface area (Å²) in [5.74, 6) is 0.990. The number of fused-ring (bicyclic) bond motifs is 1. The summed E-state index contributed by atoms with van der Waals surface area (Å²) in [6.07, 6.45) is 2.27. The molecule has 0 unspecified atom stereocenters. The standard InChI is InChI=1S/C7H8N2O2/c1-2-5-9-4-3-10-7(8)6(4)11-5/h3H,2,8H2,1H3. The molecule has 0 aliphatic carbocycles. The van der Waals surface area contributed by atoms with Gasteiger partial charge in [-0.3, -0.25) is 0 Å². The zero-order valence-electron chi connectivity index (χ0n) is 6.13. The number of nitrogens with zero attached hydrogens (tertiary/aromatic N) is 1. The Morgan fingerprint density at radius 2 is 2.45 bits per heavy atom. The number of rotatable bonds is 1. The molecule has 4 nitrogen and oxygen atoms in total. The molecule has 2 rings (SSSR count). The molecule has 2 N–H and O–H groups in total. The molecule has 0 aromatic carbocycles. The Hall–Kier alpha value is -1.45. The molecule has 0 atom stereocenters. The van der Waals surface area contributed by atoms with Gasteiger partial charge in [0.05, 0.1) is 0 Å². The molecule has 11 heavy (non-hydrogen) atoms. The number of anilines is 1. The van der Waals surface area contributed by atoms with Crippen molar-refractivity contribution in [3.63, 3.8) is 0 Å². The third-order valence-corrected chi connectivity index (χ3v) is 1.52. The summed E-state index contributed by atoms with van der Waals surface area (Å²) in [5.41, 5.74) is 6.69. The second-order valence-corrected chi connectivity index (χ2v) is 2.28. The SMILES string of the molecule is CCc1nc2coc(N)c2o1. The van der Waals surface area contributed by atoms with Gasteiger partial charge in [0.1, 0.15) is 6.26 Å². The molecule has 2 heterocycles. The van der Waals surface area contributed by atoms with Crippen LogP contribution in [0.2, 0.25) is 0 Å². The third kappa shape index (κ3) is 0.790. The van der Waals surface area contributed by atoms with Crippen LogP contribution >= 0.6 is 0 Å². The van der Waals surface area contributed by atoms with E-state index in [2.05, 4.69) is 4.98 Å². The van der Waals surface area contributed by atoms with E-state index in [9.17, 15) is 0 Å². The lowest BCUT2D eigenvalue weighted by molar-refractivity contribution is 0.520. The van der Waals surface area contributed by atoms with Crippen molar-refractivity contribution in [3.8, 4) is 0 Å². The molecular formula is C7H8N2O2. The van der Waals surface area contributed by atoms with Crippen LogP contribution in [-0.4, -0.2) is 4.98 Å². The summed E-state index contributed by atoms with van der Waals surface area (Å²) < 4.78 is 10.1. The molecule has 0 fully saturated rings. The second-order valence-electron chi connectivity index (χ2n) is 2.28. The number of furan rings is 1. The minimum atomic E-state index is 0.298. The van der Waals surface area contributed by atoms with E-state index in [1.807, 2.05) is 6.92 Å². The molecule has 0 saturated carbocycles. The highest BCUT2D eigenvalue weighted by Gasteiger charge is 2.09. The van der Waals surface area contributed by atoms with Crippen LogP contribution in [0.4, 0.5) is 5.88 Å². The number of aryl methyl sites for hydroxylation is 1. The van der Waals surface area contributed by atoms with Gasteiger partial charge in [0.15, 0.2) is 11.4 Å². The summed E-state index contributed by atoms with van der Waals surface area (Å²) in [5, 5.41) is 0. The first kappa shape index (κ1) is 6.27. The van der Waals surface area contributed by atoms with E-state index in [4.69, 9.17) is 14.6 Å². The van der Waals surface area contributed by atoms with Gasteiger partial charge < -0.3 is 14.6 Å². The minimum absolute atomic E-state index is 0.298.